The van der Waals surface area contributed by atoms with E-state index in [4.69, 9.17) is 13.8 Å². The molecule has 2 heterocycles. The van der Waals surface area contributed by atoms with Crippen molar-refractivity contribution in [1.82, 2.24) is 9.55 Å². The van der Waals surface area contributed by atoms with Crippen LogP contribution in [0, 0.1) is 18.3 Å². The highest BCUT2D eigenvalue weighted by Gasteiger charge is 2.44. The molecular weight excluding hydrogens is 431 g/mol. The summed E-state index contributed by atoms with van der Waals surface area (Å²) in [5.74, 6) is 0.0929. The molecule has 2 rings (SSSR count). The molecule has 30 heavy (non-hydrogen) atoms. The van der Waals surface area contributed by atoms with Crippen molar-refractivity contribution < 1.29 is 28.3 Å². The summed E-state index contributed by atoms with van der Waals surface area (Å²) in [7, 11) is -2.77. The maximum absolute atomic E-state index is 12.1. The van der Waals surface area contributed by atoms with E-state index in [-0.39, 0.29) is 24.2 Å². The second kappa shape index (κ2) is 11.0. The number of hydrogen-bond donors (Lipinski definition) is 1. The van der Waals surface area contributed by atoms with Crippen molar-refractivity contribution in [2.75, 3.05) is 19.0 Å². The summed E-state index contributed by atoms with van der Waals surface area (Å²) >= 11 is 1.14. The molecular formula is C19H31N2O7PS. The Hall–Kier alpha value is -1.03. The standard InChI is InChI=1S/C19H31N2O7PS/c1-6-13-14(11-27-29(25)26-9-10-30-17(23)19(3,4)5)28-16(15(13)22)21-8-7-12(2)20-18(21)24/h7-8,13-16,22,29H,6,9-11H2,1-5H3/t13-,14-,15-,16-/m1/s1. The van der Waals surface area contributed by atoms with E-state index in [0.717, 1.165) is 11.8 Å². The van der Waals surface area contributed by atoms with E-state index in [2.05, 4.69) is 4.98 Å². The van der Waals surface area contributed by atoms with Gasteiger partial charge < -0.3 is 18.9 Å². The van der Waals surface area contributed by atoms with Gasteiger partial charge in [0.1, 0.15) is 6.10 Å². The molecule has 9 nitrogen and oxygen atoms in total. The Balaban J connectivity index is 1.85. The average Bonchev–Trinajstić information content (AvgIpc) is 2.98. The quantitative estimate of drug-likeness (QED) is 0.436. The molecule has 0 aliphatic carbocycles. The summed E-state index contributed by atoms with van der Waals surface area (Å²) in [6.45, 7) is 9.20. The van der Waals surface area contributed by atoms with Crippen LogP contribution in [0.1, 0.15) is 46.0 Å². The predicted octanol–water partition coefficient (Wildman–Crippen LogP) is 2.57. The first-order valence-corrected chi connectivity index (χ1v) is 12.1. The summed E-state index contributed by atoms with van der Waals surface area (Å²) in [6, 6.07) is 1.66. The highest BCUT2D eigenvalue weighted by Crippen LogP contribution is 2.37. The van der Waals surface area contributed by atoms with E-state index in [0.29, 0.717) is 17.9 Å². The number of aliphatic hydroxyl groups excluding tert-OH is 1. The lowest BCUT2D eigenvalue weighted by Gasteiger charge is -2.18. The molecule has 170 valence electrons. The van der Waals surface area contributed by atoms with Crippen LogP contribution in [0.15, 0.2) is 17.1 Å². The Morgan fingerprint density at radius 3 is 2.70 bits per heavy atom. The first-order chi connectivity index (χ1) is 14.0. The smallest absolute Gasteiger partial charge is 0.349 e. The summed E-state index contributed by atoms with van der Waals surface area (Å²) < 4.78 is 29.6. The second-order valence-corrected chi connectivity index (χ2v) is 10.3. The van der Waals surface area contributed by atoms with E-state index in [9.17, 15) is 19.3 Å². The Morgan fingerprint density at radius 2 is 2.10 bits per heavy atom. The van der Waals surface area contributed by atoms with Crippen molar-refractivity contribution in [3.8, 4) is 0 Å². The minimum absolute atomic E-state index is 0.0357. The fourth-order valence-electron chi connectivity index (χ4n) is 3.05. The Bertz CT molecular complexity index is 811. The molecule has 1 aromatic rings. The lowest BCUT2D eigenvalue weighted by Crippen LogP contribution is -2.33. The number of carbonyl (C=O) groups excluding carboxylic acids is 1. The molecule has 0 spiro atoms. The number of nitrogens with zero attached hydrogens (tertiary/aromatic N) is 2. The number of hydrogen-bond acceptors (Lipinski definition) is 9. The van der Waals surface area contributed by atoms with E-state index in [1.54, 1.807) is 13.0 Å². The van der Waals surface area contributed by atoms with Crippen LogP contribution in [-0.4, -0.2) is 50.9 Å². The molecule has 11 heteroatoms. The summed E-state index contributed by atoms with van der Waals surface area (Å²) in [4.78, 5) is 27.8. The number of rotatable bonds is 9. The minimum Gasteiger partial charge on any atom is -0.388 e. The van der Waals surface area contributed by atoms with Gasteiger partial charge in [-0.3, -0.25) is 13.9 Å². The molecule has 1 aromatic heterocycles. The molecule has 5 atom stereocenters. The zero-order chi connectivity index (χ0) is 22.5. The van der Waals surface area contributed by atoms with Gasteiger partial charge in [0.2, 0.25) is 0 Å². The molecule has 0 amide bonds. The largest absolute Gasteiger partial charge is 0.388 e. The molecule has 1 aliphatic heterocycles. The van der Waals surface area contributed by atoms with Crippen molar-refractivity contribution in [1.29, 1.82) is 0 Å². The molecule has 0 bridgehead atoms. The highest BCUT2D eigenvalue weighted by atomic mass is 32.2. The average molecular weight is 463 g/mol. The Morgan fingerprint density at radius 1 is 1.40 bits per heavy atom. The third-order valence-electron chi connectivity index (χ3n) is 4.75. The van der Waals surface area contributed by atoms with Crippen LogP contribution < -0.4 is 5.69 Å². The van der Waals surface area contributed by atoms with Gasteiger partial charge in [0.15, 0.2) is 11.3 Å². The molecule has 1 unspecified atom stereocenters. The van der Waals surface area contributed by atoms with E-state index < -0.39 is 37.8 Å². The van der Waals surface area contributed by atoms with Crippen molar-refractivity contribution in [3.05, 3.63) is 28.4 Å². The normalized spacial score (nSPS) is 25.4. The van der Waals surface area contributed by atoms with Crippen molar-refractivity contribution in [2.24, 2.45) is 11.3 Å². The lowest BCUT2D eigenvalue weighted by atomic mass is 9.95. The molecule has 1 aliphatic rings. The molecule has 0 radical (unpaired) electrons. The zero-order valence-corrected chi connectivity index (χ0v) is 19.8. The second-order valence-electron chi connectivity index (χ2n) is 8.18. The highest BCUT2D eigenvalue weighted by molar-refractivity contribution is 8.13. The van der Waals surface area contributed by atoms with Gasteiger partial charge in [-0.2, -0.15) is 4.98 Å². The van der Waals surface area contributed by atoms with E-state index in [1.807, 2.05) is 27.7 Å². The number of thioether (sulfide) groups is 1. The van der Waals surface area contributed by atoms with Crippen LogP contribution in [-0.2, 0) is 23.1 Å². The number of aliphatic hydroxyl groups is 1. The molecule has 1 N–H and O–H groups in total. The van der Waals surface area contributed by atoms with Crippen molar-refractivity contribution in [3.63, 3.8) is 0 Å². The zero-order valence-electron chi connectivity index (χ0n) is 18.0. The Kier molecular flexibility index (Phi) is 9.27. The molecule has 1 saturated heterocycles. The third-order valence-corrected chi connectivity index (χ3v) is 6.84. The fraction of sp³-hybridized carbons (Fsp3) is 0.737. The van der Waals surface area contributed by atoms with Crippen LogP contribution in [0.4, 0.5) is 0 Å². The van der Waals surface area contributed by atoms with Crippen LogP contribution in [0.3, 0.4) is 0 Å². The van der Waals surface area contributed by atoms with Crippen LogP contribution in [0.2, 0.25) is 0 Å². The van der Waals surface area contributed by atoms with E-state index in [1.165, 1.54) is 10.8 Å². The summed E-state index contributed by atoms with van der Waals surface area (Å²) in [6.07, 6.45) is -0.219. The first-order valence-electron chi connectivity index (χ1n) is 9.90. The van der Waals surface area contributed by atoms with Gasteiger partial charge in [0, 0.05) is 29.0 Å². The van der Waals surface area contributed by atoms with Gasteiger partial charge >= 0.3 is 13.9 Å². The molecule has 1 fully saturated rings. The van der Waals surface area contributed by atoms with Crippen molar-refractivity contribution >= 4 is 25.1 Å². The third kappa shape index (κ3) is 6.73. The van der Waals surface area contributed by atoms with Crippen LogP contribution in [0.25, 0.3) is 0 Å². The molecule has 0 aromatic carbocycles. The maximum atomic E-state index is 12.1. The van der Waals surface area contributed by atoms with Crippen LogP contribution >= 0.6 is 20.0 Å². The van der Waals surface area contributed by atoms with Gasteiger partial charge in [-0.1, -0.05) is 39.5 Å². The van der Waals surface area contributed by atoms with Gasteiger partial charge in [-0.15, -0.1) is 0 Å². The first kappa shape index (κ1) is 25.2. The number of ether oxygens (including phenoxy) is 1. The fourth-order valence-corrected chi connectivity index (χ4v) is 4.63. The van der Waals surface area contributed by atoms with Gasteiger partial charge in [0.05, 0.1) is 19.3 Å². The topological polar surface area (TPSA) is 117 Å². The summed E-state index contributed by atoms with van der Waals surface area (Å²) in [5.41, 5.74) is -0.364. The summed E-state index contributed by atoms with van der Waals surface area (Å²) in [5, 5.41) is 10.7. The SMILES string of the molecule is CC[C@H]1[C@@H](O)[C@H](n2ccc(C)nc2=O)O[C@@H]1CO[PH](=O)OCCSC(=O)C(C)(C)C. The van der Waals surface area contributed by atoms with Crippen molar-refractivity contribution in [2.45, 2.75) is 59.5 Å². The van der Waals surface area contributed by atoms with Crippen LogP contribution in [0.5, 0.6) is 0 Å². The number of carbonyl (C=O) groups is 1. The Labute approximate surface area is 181 Å². The minimum atomic E-state index is -2.77. The lowest BCUT2D eigenvalue weighted by molar-refractivity contribution is -0.117. The van der Waals surface area contributed by atoms with Gasteiger partial charge in [-0.25, -0.2) is 4.79 Å². The van der Waals surface area contributed by atoms with E-state index >= 15 is 0 Å². The van der Waals surface area contributed by atoms with Gasteiger partial charge in [0.25, 0.3) is 0 Å². The monoisotopic (exact) mass is 462 g/mol. The maximum Gasteiger partial charge on any atom is 0.349 e. The predicted molar refractivity (Wildman–Crippen MR) is 115 cm³/mol. The van der Waals surface area contributed by atoms with Gasteiger partial charge in [-0.05, 0) is 19.4 Å². The molecule has 0 saturated carbocycles. The number of aryl methyl sites for hydroxylation is 1. The number of aromatic nitrogens is 2.